The van der Waals surface area contributed by atoms with Crippen LogP contribution in [0.1, 0.15) is 39.4 Å². The lowest BCUT2D eigenvalue weighted by Gasteiger charge is -2.37. The molecule has 0 radical (unpaired) electrons. The van der Waals surface area contributed by atoms with Crippen molar-refractivity contribution in [1.82, 2.24) is 19.9 Å². The summed E-state index contributed by atoms with van der Waals surface area (Å²) in [5.41, 5.74) is -0.301. The Morgan fingerprint density at radius 1 is 1.25 bits per heavy atom. The first-order valence-corrected chi connectivity index (χ1v) is 7.23. The van der Waals surface area contributed by atoms with Gasteiger partial charge in [0.15, 0.2) is 5.82 Å². The van der Waals surface area contributed by atoms with Crippen molar-refractivity contribution in [1.29, 1.82) is 0 Å². The minimum absolute atomic E-state index is 0.225. The molecule has 0 saturated carbocycles. The van der Waals surface area contributed by atoms with Gasteiger partial charge in [0, 0.05) is 38.0 Å². The fourth-order valence-corrected chi connectivity index (χ4v) is 2.27. The lowest BCUT2D eigenvalue weighted by molar-refractivity contribution is -0.141. The molecule has 6 nitrogen and oxygen atoms in total. The van der Waals surface area contributed by atoms with Crippen molar-refractivity contribution in [2.45, 2.75) is 40.7 Å². The average Bonchev–Trinajstić information content (AvgIpc) is 2.85. The van der Waals surface area contributed by atoms with Crippen LogP contribution in [0.2, 0.25) is 0 Å². The molecule has 1 aliphatic rings. The Morgan fingerprint density at radius 3 is 2.40 bits per heavy atom. The summed E-state index contributed by atoms with van der Waals surface area (Å²) in [5.74, 6) is 1.64. The molecular formula is C14H24N4O2. The van der Waals surface area contributed by atoms with Crippen molar-refractivity contribution in [3.05, 3.63) is 11.7 Å². The monoisotopic (exact) mass is 280 g/mol. The highest BCUT2D eigenvalue weighted by molar-refractivity contribution is 5.81. The smallest absolute Gasteiger partial charge is 0.240 e. The molecule has 0 aromatic carbocycles. The molecule has 0 bridgehead atoms. The molecule has 1 aliphatic heterocycles. The molecule has 112 valence electrons. The van der Waals surface area contributed by atoms with Gasteiger partial charge in [0.1, 0.15) is 0 Å². The van der Waals surface area contributed by atoms with E-state index in [0.717, 1.165) is 38.4 Å². The number of aromatic nitrogens is 2. The number of nitrogens with zero attached hydrogens (tertiary/aromatic N) is 4. The number of carbonyl (C=O) groups is 1. The van der Waals surface area contributed by atoms with Crippen LogP contribution in [0.5, 0.6) is 0 Å². The lowest BCUT2D eigenvalue weighted by Crippen LogP contribution is -2.51. The first kappa shape index (κ1) is 15.0. The van der Waals surface area contributed by atoms with Crippen LogP contribution in [0.3, 0.4) is 0 Å². The van der Waals surface area contributed by atoms with Crippen LogP contribution in [-0.2, 0) is 17.8 Å². The third-order valence-corrected chi connectivity index (χ3v) is 3.49. The third kappa shape index (κ3) is 3.56. The second-order valence-corrected chi connectivity index (χ2v) is 6.28. The molecule has 6 heteroatoms. The van der Waals surface area contributed by atoms with Crippen molar-refractivity contribution in [2.75, 3.05) is 26.2 Å². The Balaban J connectivity index is 1.84. The number of piperazine rings is 1. The predicted octanol–water partition coefficient (Wildman–Crippen LogP) is 1.32. The van der Waals surface area contributed by atoms with E-state index in [4.69, 9.17) is 4.52 Å². The molecule has 1 fully saturated rings. The van der Waals surface area contributed by atoms with Gasteiger partial charge >= 0.3 is 0 Å². The van der Waals surface area contributed by atoms with Gasteiger partial charge < -0.3 is 9.42 Å². The van der Waals surface area contributed by atoms with E-state index in [1.165, 1.54) is 0 Å². The molecular weight excluding hydrogens is 256 g/mol. The molecule has 2 heterocycles. The lowest BCUT2D eigenvalue weighted by atomic mass is 9.94. The Morgan fingerprint density at radius 2 is 1.90 bits per heavy atom. The summed E-state index contributed by atoms with van der Waals surface area (Å²) in [7, 11) is 0. The number of aryl methyl sites for hydroxylation is 1. The normalized spacial score (nSPS) is 17.5. The summed E-state index contributed by atoms with van der Waals surface area (Å²) in [6.07, 6.45) is 0.789. The number of hydrogen-bond donors (Lipinski definition) is 0. The quantitative estimate of drug-likeness (QED) is 0.835. The van der Waals surface area contributed by atoms with Crippen LogP contribution in [0.15, 0.2) is 4.52 Å². The molecule has 1 aromatic heterocycles. The SMILES string of the molecule is CCc1noc(CN2CCN(C(=O)C(C)(C)C)CC2)n1. The summed E-state index contributed by atoms with van der Waals surface area (Å²) in [6, 6.07) is 0. The first-order valence-electron chi connectivity index (χ1n) is 7.23. The molecule has 0 unspecified atom stereocenters. The summed E-state index contributed by atoms with van der Waals surface area (Å²) in [4.78, 5) is 20.7. The van der Waals surface area contributed by atoms with Crippen LogP contribution in [0.25, 0.3) is 0 Å². The maximum absolute atomic E-state index is 12.2. The van der Waals surface area contributed by atoms with Gasteiger partial charge in [0.05, 0.1) is 6.54 Å². The van der Waals surface area contributed by atoms with Crippen molar-refractivity contribution in [3.8, 4) is 0 Å². The highest BCUT2D eigenvalue weighted by Gasteiger charge is 2.29. The largest absolute Gasteiger partial charge is 0.340 e. The minimum Gasteiger partial charge on any atom is -0.340 e. The fourth-order valence-electron chi connectivity index (χ4n) is 2.27. The zero-order valence-electron chi connectivity index (χ0n) is 12.8. The van der Waals surface area contributed by atoms with Crippen molar-refractivity contribution < 1.29 is 9.32 Å². The summed E-state index contributed by atoms with van der Waals surface area (Å²) in [6.45, 7) is 11.8. The van der Waals surface area contributed by atoms with E-state index in [-0.39, 0.29) is 11.3 Å². The standard InChI is InChI=1S/C14H24N4O2/c1-5-11-15-12(20-16-11)10-17-6-8-18(9-7-17)13(19)14(2,3)4/h5-10H2,1-4H3. The molecule has 0 aliphatic carbocycles. The van der Waals surface area contributed by atoms with Crippen LogP contribution < -0.4 is 0 Å². The van der Waals surface area contributed by atoms with Gasteiger partial charge in [-0.3, -0.25) is 9.69 Å². The van der Waals surface area contributed by atoms with Crippen molar-refractivity contribution in [3.63, 3.8) is 0 Å². The summed E-state index contributed by atoms with van der Waals surface area (Å²) < 4.78 is 5.20. The van der Waals surface area contributed by atoms with Gasteiger partial charge in [0.2, 0.25) is 11.8 Å². The molecule has 2 rings (SSSR count). The molecule has 0 atom stereocenters. The summed E-state index contributed by atoms with van der Waals surface area (Å²) in [5, 5.41) is 3.90. The second kappa shape index (κ2) is 5.91. The predicted molar refractivity (Wildman–Crippen MR) is 75.0 cm³/mol. The molecule has 0 N–H and O–H groups in total. The Labute approximate surface area is 120 Å². The van der Waals surface area contributed by atoms with E-state index in [2.05, 4.69) is 15.0 Å². The van der Waals surface area contributed by atoms with Gasteiger partial charge in [-0.05, 0) is 0 Å². The number of carbonyl (C=O) groups excluding carboxylic acids is 1. The van der Waals surface area contributed by atoms with Crippen LogP contribution in [0, 0.1) is 5.41 Å². The van der Waals surface area contributed by atoms with E-state index < -0.39 is 0 Å². The number of rotatable bonds is 3. The van der Waals surface area contributed by atoms with Crippen LogP contribution in [0.4, 0.5) is 0 Å². The van der Waals surface area contributed by atoms with E-state index in [0.29, 0.717) is 12.4 Å². The maximum Gasteiger partial charge on any atom is 0.240 e. The number of amides is 1. The van der Waals surface area contributed by atoms with Gasteiger partial charge in [-0.2, -0.15) is 4.98 Å². The molecule has 0 spiro atoms. The number of hydrogen-bond acceptors (Lipinski definition) is 5. The average molecular weight is 280 g/mol. The molecule has 1 aromatic rings. The van der Waals surface area contributed by atoms with E-state index in [1.807, 2.05) is 32.6 Å². The summed E-state index contributed by atoms with van der Waals surface area (Å²) >= 11 is 0. The first-order chi connectivity index (χ1) is 9.40. The highest BCUT2D eigenvalue weighted by Crippen LogP contribution is 2.19. The van der Waals surface area contributed by atoms with Crippen LogP contribution in [-0.4, -0.2) is 52.0 Å². The van der Waals surface area contributed by atoms with E-state index in [1.54, 1.807) is 0 Å². The Hall–Kier alpha value is -1.43. The second-order valence-electron chi connectivity index (χ2n) is 6.28. The third-order valence-electron chi connectivity index (χ3n) is 3.49. The van der Waals surface area contributed by atoms with Gasteiger partial charge in [-0.1, -0.05) is 32.9 Å². The van der Waals surface area contributed by atoms with Gasteiger partial charge in [-0.15, -0.1) is 0 Å². The van der Waals surface area contributed by atoms with E-state index in [9.17, 15) is 4.79 Å². The fraction of sp³-hybridized carbons (Fsp3) is 0.786. The van der Waals surface area contributed by atoms with Gasteiger partial charge in [0.25, 0.3) is 0 Å². The zero-order valence-corrected chi connectivity index (χ0v) is 12.8. The van der Waals surface area contributed by atoms with E-state index >= 15 is 0 Å². The molecule has 1 amide bonds. The van der Waals surface area contributed by atoms with Crippen molar-refractivity contribution >= 4 is 5.91 Å². The topological polar surface area (TPSA) is 62.5 Å². The Bertz CT molecular complexity index is 456. The minimum atomic E-state index is -0.301. The van der Waals surface area contributed by atoms with Gasteiger partial charge in [-0.25, -0.2) is 0 Å². The molecule has 20 heavy (non-hydrogen) atoms. The molecule has 1 saturated heterocycles. The van der Waals surface area contributed by atoms with Crippen molar-refractivity contribution in [2.24, 2.45) is 5.41 Å². The highest BCUT2D eigenvalue weighted by atomic mass is 16.5. The maximum atomic E-state index is 12.2. The van der Waals surface area contributed by atoms with Crippen LogP contribution >= 0.6 is 0 Å². The Kier molecular flexibility index (Phi) is 4.42. The zero-order chi connectivity index (χ0) is 14.8.